The Labute approximate surface area is 168 Å². The molecule has 0 aliphatic heterocycles. The fraction of sp³-hybridized carbons (Fsp3) is 0.273. The van der Waals surface area contributed by atoms with Crippen LogP contribution in [0.1, 0.15) is 16.9 Å². The summed E-state index contributed by atoms with van der Waals surface area (Å²) in [5, 5.41) is 10.5. The Bertz CT molecular complexity index is 818. The van der Waals surface area contributed by atoms with Crippen LogP contribution in [0.3, 0.4) is 0 Å². The van der Waals surface area contributed by atoms with Gasteiger partial charge < -0.3 is 14.3 Å². The summed E-state index contributed by atoms with van der Waals surface area (Å²) >= 11 is 3.46. The molecule has 0 spiro atoms. The molecule has 1 unspecified atom stereocenters. The molecule has 2 aromatic carbocycles. The topological polar surface area (TPSA) is 45.8 Å². The minimum atomic E-state index is -0.613. The van der Waals surface area contributed by atoms with Crippen molar-refractivity contribution in [1.82, 2.24) is 4.90 Å². The van der Waals surface area contributed by atoms with E-state index >= 15 is 0 Å². The number of benzene rings is 2. The average Bonchev–Trinajstić information content (AvgIpc) is 3.16. The highest BCUT2D eigenvalue weighted by Gasteiger charge is 2.15. The first-order valence-electron chi connectivity index (χ1n) is 8.96. The number of aliphatic hydroxyl groups is 1. The molecule has 1 atom stereocenters. The quantitative estimate of drug-likeness (QED) is 0.530. The van der Waals surface area contributed by atoms with Crippen molar-refractivity contribution in [2.75, 3.05) is 13.2 Å². The summed E-state index contributed by atoms with van der Waals surface area (Å²) in [7, 11) is 0. The summed E-state index contributed by atoms with van der Waals surface area (Å²) in [4.78, 5) is 2.16. The summed E-state index contributed by atoms with van der Waals surface area (Å²) in [5.41, 5.74) is 2.43. The SMILES string of the molecule is Cc1ccc(CN(Cc2ccco2)CC(O)COc2ccccc2Br)cc1. The van der Waals surface area contributed by atoms with Gasteiger partial charge in [0.1, 0.15) is 24.2 Å². The molecule has 3 rings (SSSR count). The van der Waals surface area contributed by atoms with E-state index in [2.05, 4.69) is 52.0 Å². The highest BCUT2D eigenvalue weighted by molar-refractivity contribution is 9.10. The predicted molar refractivity (Wildman–Crippen MR) is 110 cm³/mol. The number of hydrogen-bond acceptors (Lipinski definition) is 4. The van der Waals surface area contributed by atoms with Gasteiger partial charge in [-0.3, -0.25) is 4.90 Å². The van der Waals surface area contributed by atoms with E-state index in [9.17, 15) is 5.11 Å². The molecule has 27 heavy (non-hydrogen) atoms. The van der Waals surface area contributed by atoms with Gasteiger partial charge in [0.15, 0.2) is 0 Å². The van der Waals surface area contributed by atoms with E-state index in [4.69, 9.17) is 9.15 Å². The molecule has 5 heteroatoms. The van der Waals surface area contributed by atoms with E-state index in [1.807, 2.05) is 36.4 Å². The van der Waals surface area contributed by atoms with Crippen molar-refractivity contribution in [3.63, 3.8) is 0 Å². The Balaban J connectivity index is 1.61. The van der Waals surface area contributed by atoms with Crippen LogP contribution in [0, 0.1) is 6.92 Å². The minimum Gasteiger partial charge on any atom is -0.490 e. The molecule has 0 amide bonds. The molecule has 0 fully saturated rings. The van der Waals surface area contributed by atoms with E-state index in [-0.39, 0.29) is 6.61 Å². The molecule has 0 aliphatic rings. The third kappa shape index (κ3) is 6.24. The number of para-hydroxylation sites is 1. The maximum atomic E-state index is 10.5. The molecule has 3 aromatic rings. The lowest BCUT2D eigenvalue weighted by molar-refractivity contribution is 0.0602. The summed E-state index contributed by atoms with van der Waals surface area (Å²) in [6.45, 7) is 4.15. The van der Waals surface area contributed by atoms with Crippen molar-refractivity contribution in [2.24, 2.45) is 0 Å². The molecular weight excluding hydrogens is 406 g/mol. The van der Waals surface area contributed by atoms with E-state index < -0.39 is 6.10 Å². The third-order valence-corrected chi connectivity index (χ3v) is 4.88. The molecule has 0 bridgehead atoms. The van der Waals surface area contributed by atoms with Crippen LogP contribution < -0.4 is 4.74 Å². The molecule has 0 saturated carbocycles. The predicted octanol–water partition coefficient (Wildman–Crippen LogP) is 4.79. The lowest BCUT2D eigenvalue weighted by Crippen LogP contribution is -2.35. The zero-order valence-electron chi connectivity index (χ0n) is 15.3. The lowest BCUT2D eigenvalue weighted by Gasteiger charge is -2.24. The Morgan fingerprint density at radius 3 is 2.52 bits per heavy atom. The first-order chi connectivity index (χ1) is 13.1. The molecule has 0 aliphatic carbocycles. The Kier molecular flexibility index (Phi) is 7.10. The molecular formula is C22H24BrNO3. The largest absolute Gasteiger partial charge is 0.490 e. The Morgan fingerprint density at radius 1 is 1.04 bits per heavy atom. The first kappa shape index (κ1) is 19.7. The monoisotopic (exact) mass is 429 g/mol. The smallest absolute Gasteiger partial charge is 0.133 e. The van der Waals surface area contributed by atoms with Gasteiger partial charge >= 0.3 is 0 Å². The van der Waals surface area contributed by atoms with Gasteiger partial charge in [-0.15, -0.1) is 0 Å². The Hall–Kier alpha value is -2.08. The second-order valence-electron chi connectivity index (χ2n) is 6.63. The number of rotatable bonds is 9. The molecule has 1 aromatic heterocycles. The van der Waals surface area contributed by atoms with Gasteiger partial charge in [0.05, 0.1) is 17.3 Å². The number of hydrogen-bond donors (Lipinski definition) is 1. The standard InChI is InChI=1S/C22H24BrNO3/c1-17-8-10-18(11-9-17)13-24(15-20-5-4-12-26-20)14-19(25)16-27-22-7-3-2-6-21(22)23/h2-12,19,25H,13-16H2,1H3. The van der Waals surface area contributed by atoms with Gasteiger partial charge in [-0.25, -0.2) is 0 Å². The average molecular weight is 430 g/mol. The number of ether oxygens (including phenoxy) is 1. The number of nitrogens with zero attached hydrogens (tertiary/aromatic N) is 1. The third-order valence-electron chi connectivity index (χ3n) is 4.22. The molecule has 0 radical (unpaired) electrons. The molecule has 1 N–H and O–H groups in total. The lowest BCUT2D eigenvalue weighted by atomic mass is 10.1. The van der Waals surface area contributed by atoms with Crippen LogP contribution in [-0.2, 0) is 13.1 Å². The van der Waals surface area contributed by atoms with Crippen LogP contribution >= 0.6 is 15.9 Å². The van der Waals surface area contributed by atoms with Crippen molar-refractivity contribution < 1.29 is 14.3 Å². The Morgan fingerprint density at radius 2 is 1.81 bits per heavy atom. The minimum absolute atomic E-state index is 0.227. The van der Waals surface area contributed by atoms with Crippen LogP contribution in [0.15, 0.2) is 75.8 Å². The van der Waals surface area contributed by atoms with Crippen LogP contribution in [0.25, 0.3) is 0 Å². The molecule has 4 nitrogen and oxygen atoms in total. The molecule has 0 saturated heterocycles. The number of halogens is 1. The van der Waals surface area contributed by atoms with Crippen LogP contribution in [0.2, 0.25) is 0 Å². The van der Waals surface area contributed by atoms with Crippen molar-refractivity contribution in [3.05, 3.63) is 88.3 Å². The van der Waals surface area contributed by atoms with Gasteiger partial charge in [-0.2, -0.15) is 0 Å². The van der Waals surface area contributed by atoms with E-state index in [1.54, 1.807) is 6.26 Å². The fourth-order valence-corrected chi connectivity index (χ4v) is 3.26. The fourth-order valence-electron chi connectivity index (χ4n) is 2.86. The highest BCUT2D eigenvalue weighted by Crippen LogP contribution is 2.24. The van der Waals surface area contributed by atoms with Crippen molar-refractivity contribution in [2.45, 2.75) is 26.1 Å². The van der Waals surface area contributed by atoms with Crippen molar-refractivity contribution >= 4 is 15.9 Å². The summed E-state index contributed by atoms with van der Waals surface area (Å²) in [6, 6.07) is 19.9. The van der Waals surface area contributed by atoms with Gasteiger partial charge in [0, 0.05) is 13.1 Å². The zero-order chi connectivity index (χ0) is 19.1. The maximum absolute atomic E-state index is 10.5. The van der Waals surface area contributed by atoms with Gasteiger partial charge in [0.25, 0.3) is 0 Å². The summed E-state index contributed by atoms with van der Waals surface area (Å²) in [5.74, 6) is 1.61. The van der Waals surface area contributed by atoms with Crippen LogP contribution in [0.5, 0.6) is 5.75 Å². The van der Waals surface area contributed by atoms with E-state index in [0.717, 1.165) is 22.5 Å². The second kappa shape index (κ2) is 9.74. The first-order valence-corrected chi connectivity index (χ1v) is 9.75. The second-order valence-corrected chi connectivity index (χ2v) is 7.48. The number of furan rings is 1. The van der Waals surface area contributed by atoms with Crippen molar-refractivity contribution in [1.29, 1.82) is 0 Å². The van der Waals surface area contributed by atoms with Crippen molar-refractivity contribution in [3.8, 4) is 5.75 Å². The van der Waals surface area contributed by atoms with Crippen LogP contribution in [-0.4, -0.2) is 29.3 Å². The van der Waals surface area contributed by atoms with E-state index in [1.165, 1.54) is 11.1 Å². The van der Waals surface area contributed by atoms with Gasteiger partial charge in [-0.1, -0.05) is 42.0 Å². The number of aryl methyl sites for hydroxylation is 1. The normalized spacial score (nSPS) is 12.3. The van der Waals surface area contributed by atoms with E-state index in [0.29, 0.717) is 13.1 Å². The maximum Gasteiger partial charge on any atom is 0.133 e. The summed E-state index contributed by atoms with van der Waals surface area (Å²) < 4.78 is 12.1. The van der Waals surface area contributed by atoms with Gasteiger partial charge in [0.2, 0.25) is 0 Å². The zero-order valence-corrected chi connectivity index (χ0v) is 16.9. The molecule has 142 valence electrons. The number of aliphatic hydroxyl groups excluding tert-OH is 1. The summed E-state index contributed by atoms with van der Waals surface area (Å²) in [6.07, 6.45) is 1.06. The van der Waals surface area contributed by atoms with Gasteiger partial charge in [-0.05, 0) is 52.7 Å². The highest BCUT2D eigenvalue weighted by atomic mass is 79.9. The molecule has 1 heterocycles. The van der Waals surface area contributed by atoms with Crippen LogP contribution in [0.4, 0.5) is 0 Å².